The van der Waals surface area contributed by atoms with E-state index in [0.29, 0.717) is 0 Å². The van der Waals surface area contributed by atoms with Crippen LogP contribution in [0.4, 0.5) is 0 Å². The summed E-state index contributed by atoms with van der Waals surface area (Å²) in [5, 5.41) is 0. The third-order valence-corrected chi connectivity index (χ3v) is 4.94. The van der Waals surface area contributed by atoms with Crippen LogP contribution in [0, 0.1) is 13.8 Å². The van der Waals surface area contributed by atoms with Gasteiger partial charge in [-0.1, -0.05) is 59.7 Å². The smallest absolute Gasteiger partial charge is 0.164 e. The molecule has 3 aromatic carbocycles. The number of nitrogens with zero attached hydrogens (tertiary/aromatic N) is 3. The largest absolute Gasteiger partial charge is 0.293 e. The highest BCUT2D eigenvalue weighted by molar-refractivity contribution is 5.90. The van der Waals surface area contributed by atoms with Crippen molar-refractivity contribution < 1.29 is 0 Å². The summed E-state index contributed by atoms with van der Waals surface area (Å²) in [6.45, 7) is 4.21. The van der Waals surface area contributed by atoms with E-state index in [2.05, 4.69) is 73.0 Å². The van der Waals surface area contributed by atoms with Crippen molar-refractivity contribution >= 4 is 22.2 Å². The van der Waals surface area contributed by atoms with E-state index in [9.17, 15) is 0 Å². The lowest BCUT2D eigenvalue weighted by atomic mass is 10.1. The molecule has 0 unspecified atom stereocenters. The fourth-order valence-corrected chi connectivity index (χ4v) is 3.47. The summed E-state index contributed by atoms with van der Waals surface area (Å²) in [5.74, 6) is 0. The van der Waals surface area contributed by atoms with Crippen LogP contribution >= 0.6 is 0 Å². The van der Waals surface area contributed by atoms with Crippen molar-refractivity contribution in [1.82, 2.24) is 14.5 Å². The van der Waals surface area contributed by atoms with Crippen molar-refractivity contribution in [3.8, 4) is 16.9 Å². The number of hydrogen-bond donors (Lipinski definition) is 0. The van der Waals surface area contributed by atoms with Crippen molar-refractivity contribution in [2.75, 3.05) is 0 Å². The fourth-order valence-electron chi connectivity index (χ4n) is 3.47. The van der Waals surface area contributed by atoms with Gasteiger partial charge in [-0.25, -0.2) is 9.97 Å². The summed E-state index contributed by atoms with van der Waals surface area (Å²) in [6, 6.07) is 27.3. The van der Waals surface area contributed by atoms with Gasteiger partial charge in [0.05, 0.1) is 16.7 Å². The van der Waals surface area contributed by atoms with Gasteiger partial charge in [0.25, 0.3) is 0 Å². The lowest BCUT2D eigenvalue weighted by molar-refractivity contribution is 1.10. The summed E-state index contributed by atoms with van der Waals surface area (Å²) < 4.78 is 2.21. The van der Waals surface area contributed by atoms with E-state index in [1.807, 2.05) is 24.3 Å². The first-order valence-electron chi connectivity index (χ1n) is 9.11. The summed E-state index contributed by atoms with van der Waals surface area (Å²) in [6.07, 6.45) is 0. The molecule has 3 heteroatoms. The van der Waals surface area contributed by atoms with Crippen LogP contribution in [0.2, 0.25) is 0 Å². The second kappa shape index (κ2) is 6.06. The molecule has 0 bridgehead atoms. The van der Waals surface area contributed by atoms with Crippen molar-refractivity contribution in [3.63, 3.8) is 0 Å². The minimum absolute atomic E-state index is 0.883. The highest BCUT2D eigenvalue weighted by Gasteiger charge is 2.15. The van der Waals surface area contributed by atoms with Gasteiger partial charge >= 0.3 is 0 Å². The van der Waals surface area contributed by atoms with E-state index in [-0.39, 0.29) is 0 Å². The molecule has 0 N–H and O–H groups in total. The molecule has 27 heavy (non-hydrogen) atoms. The van der Waals surface area contributed by atoms with Gasteiger partial charge in [-0.2, -0.15) is 0 Å². The van der Waals surface area contributed by atoms with Crippen LogP contribution in [-0.4, -0.2) is 14.5 Å². The molecule has 0 aliphatic heterocycles. The molecule has 0 spiro atoms. The molecule has 130 valence electrons. The number of rotatable bonds is 2. The normalized spacial score (nSPS) is 11.3. The second-order valence-electron chi connectivity index (χ2n) is 6.99. The number of aryl methyl sites for hydroxylation is 2. The van der Waals surface area contributed by atoms with E-state index in [1.165, 1.54) is 11.1 Å². The van der Waals surface area contributed by atoms with Crippen LogP contribution < -0.4 is 0 Å². The predicted octanol–water partition coefficient (Wildman–Crippen LogP) is 5.86. The predicted molar refractivity (Wildman–Crippen MR) is 111 cm³/mol. The van der Waals surface area contributed by atoms with E-state index in [4.69, 9.17) is 9.97 Å². The fraction of sp³-hybridized carbons (Fsp3) is 0.0833. The SMILES string of the molecule is Cc1ccc(-c2cc3nc4ccccc4nc3n2-c2ccc(C)cc2)cc1. The number of fused-ring (bicyclic) bond motifs is 2. The third kappa shape index (κ3) is 2.68. The second-order valence-corrected chi connectivity index (χ2v) is 6.99. The molecule has 5 rings (SSSR count). The molecule has 0 radical (unpaired) electrons. The molecule has 0 amide bonds. The Balaban J connectivity index is 1.86. The van der Waals surface area contributed by atoms with Crippen molar-refractivity contribution in [3.05, 3.63) is 90.0 Å². The Labute approximate surface area is 157 Å². The zero-order chi connectivity index (χ0) is 18.4. The van der Waals surface area contributed by atoms with Gasteiger partial charge in [0, 0.05) is 5.69 Å². The highest BCUT2D eigenvalue weighted by Crippen LogP contribution is 2.31. The molecule has 0 aliphatic carbocycles. The van der Waals surface area contributed by atoms with Crippen LogP contribution in [0.25, 0.3) is 39.1 Å². The standard InChI is InChI=1S/C24H19N3/c1-16-7-11-18(12-8-16)23-15-22-24(26-21-6-4-3-5-20(21)25-22)27(23)19-13-9-17(2)10-14-19/h3-15H,1-2H3. The zero-order valence-corrected chi connectivity index (χ0v) is 15.3. The molecule has 0 aliphatic rings. The monoisotopic (exact) mass is 349 g/mol. The quantitative estimate of drug-likeness (QED) is 0.400. The Bertz CT molecular complexity index is 1260. The van der Waals surface area contributed by atoms with Gasteiger partial charge in [-0.15, -0.1) is 0 Å². The molecule has 2 heterocycles. The highest BCUT2D eigenvalue weighted by atomic mass is 15.1. The Hall–Kier alpha value is -3.46. The molecule has 5 aromatic rings. The topological polar surface area (TPSA) is 30.7 Å². The van der Waals surface area contributed by atoms with Gasteiger partial charge in [0.1, 0.15) is 5.52 Å². The number of aromatic nitrogens is 3. The lowest BCUT2D eigenvalue weighted by Crippen LogP contribution is -1.99. The lowest BCUT2D eigenvalue weighted by Gasteiger charge is -2.11. The van der Waals surface area contributed by atoms with Crippen LogP contribution in [0.3, 0.4) is 0 Å². The maximum Gasteiger partial charge on any atom is 0.164 e. The maximum atomic E-state index is 4.94. The van der Waals surface area contributed by atoms with E-state index in [0.717, 1.165) is 39.1 Å². The van der Waals surface area contributed by atoms with Crippen LogP contribution in [0.1, 0.15) is 11.1 Å². The Kier molecular flexibility index (Phi) is 3.54. The number of para-hydroxylation sites is 2. The van der Waals surface area contributed by atoms with E-state index < -0.39 is 0 Å². The number of hydrogen-bond acceptors (Lipinski definition) is 2. The molecular weight excluding hydrogens is 330 g/mol. The van der Waals surface area contributed by atoms with Gasteiger partial charge in [-0.05, 0) is 49.7 Å². The average Bonchev–Trinajstić information content (AvgIpc) is 3.05. The molecule has 3 nitrogen and oxygen atoms in total. The van der Waals surface area contributed by atoms with E-state index >= 15 is 0 Å². The summed E-state index contributed by atoms with van der Waals surface area (Å²) in [5.41, 5.74) is 9.46. The average molecular weight is 349 g/mol. The number of benzene rings is 3. The summed E-state index contributed by atoms with van der Waals surface area (Å²) in [7, 11) is 0. The molecule has 0 saturated heterocycles. The Morgan fingerprint density at radius 3 is 1.89 bits per heavy atom. The first-order chi connectivity index (χ1) is 13.2. The Morgan fingerprint density at radius 1 is 0.630 bits per heavy atom. The summed E-state index contributed by atoms with van der Waals surface area (Å²) in [4.78, 5) is 9.80. The van der Waals surface area contributed by atoms with Crippen molar-refractivity contribution in [2.45, 2.75) is 13.8 Å². The van der Waals surface area contributed by atoms with Gasteiger partial charge in [-0.3, -0.25) is 4.57 Å². The molecule has 0 atom stereocenters. The molecule has 2 aromatic heterocycles. The maximum absolute atomic E-state index is 4.94. The molecular formula is C24H19N3. The van der Waals surface area contributed by atoms with Crippen molar-refractivity contribution in [1.29, 1.82) is 0 Å². The molecule has 0 fully saturated rings. The minimum Gasteiger partial charge on any atom is -0.293 e. The first-order valence-corrected chi connectivity index (χ1v) is 9.11. The minimum atomic E-state index is 0.883. The first kappa shape index (κ1) is 15.8. The zero-order valence-electron chi connectivity index (χ0n) is 15.3. The van der Waals surface area contributed by atoms with Gasteiger partial charge in [0.15, 0.2) is 5.65 Å². The van der Waals surface area contributed by atoms with Crippen LogP contribution in [0.15, 0.2) is 78.9 Å². The van der Waals surface area contributed by atoms with Gasteiger partial charge in [0.2, 0.25) is 0 Å². The summed E-state index contributed by atoms with van der Waals surface area (Å²) >= 11 is 0. The van der Waals surface area contributed by atoms with Crippen molar-refractivity contribution in [2.24, 2.45) is 0 Å². The van der Waals surface area contributed by atoms with Gasteiger partial charge < -0.3 is 0 Å². The van der Waals surface area contributed by atoms with E-state index in [1.54, 1.807) is 0 Å². The van der Waals surface area contributed by atoms with Crippen LogP contribution in [-0.2, 0) is 0 Å². The van der Waals surface area contributed by atoms with Crippen LogP contribution in [0.5, 0.6) is 0 Å². The third-order valence-electron chi connectivity index (χ3n) is 4.94. The Morgan fingerprint density at radius 2 is 1.22 bits per heavy atom. The molecule has 0 saturated carbocycles.